The largest absolute Gasteiger partial charge is 0.372 e. The van der Waals surface area contributed by atoms with Crippen molar-refractivity contribution in [3.8, 4) is 0 Å². The molecule has 30 heavy (non-hydrogen) atoms. The lowest BCUT2D eigenvalue weighted by atomic mass is 10.1. The van der Waals surface area contributed by atoms with Gasteiger partial charge in [0.1, 0.15) is 0 Å². The summed E-state index contributed by atoms with van der Waals surface area (Å²) in [6.07, 6.45) is 5.13. The molecular weight excluding hydrogens is 376 g/mol. The molecule has 1 saturated heterocycles. The van der Waals surface area contributed by atoms with E-state index in [-0.39, 0.29) is 11.8 Å². The molecular formula is C24H32N4O2. The highest BCUT2D eigenvalue weighted by atomic mass is 16.2. The monoisotopic (exact) mass is 408 g/mol. The van der Waals surface area contributed by atoms with E-state index in [0.29, 0.717) is 18.7 Å². The summed E-state index contributed by atoms with van der Waals surface area (Å²) in [5, 5.41) is 5.59. The smallest absolute Gasteiger partial charge is 0.251 e. The number of hydrogen-bond donors (Lipinski definition) is 2. The second-order valence-corrected chi connectivity index (χ2v) is 7.94. The lowest BCUT2D eigenvalue weighted by molar-refractivity contribution is -0.117. The van der Waals surface area contributed by atoms with Crippen LogP contribution in [-0.2, 0) is 11.3 Å². The molecule has 1 heterocycles. The maximum atomic E-state index is 12.4. The molecule has 160 valence electrons. The van der Waals surface area contributed by atoms with E-state index in [1.165, 1.54) is 31.4 Å². The highest BCUT2D eigenvalue weighted by Gasteiger charge is 2.11. The van der Waals surface area contributed by atoms with Crippen LogP contribution in [0.2, 0.25) is 0 Å². The van der Waals surface area contributed by atoms with Crippen LogP contribution in [-0.4, -0.2) is 50.4 Å². The maximum absolute atomic E-state index is 12.4. The van der Waals surface area contributed by atoms with Crippen LogP contribution in [0.1, 0.15) is 41.6 Å². The van der Waals surface area contributed by atoms with Gasteiger partial charge in [-0.1, -0.05) is 25.0 Å². The van der Waals surface area contributed by atoms with E-state index < -0.39 is 0 Å². The van der Waals surface area contributed by atoms with Gasteiger partial charge in [-0.15, -0.1) is 0 Å². The van der Waals surface area contributed by atoms with E-state index in [1.54, 1.807) is 19.2 Å². The summed E-state index contributed by atoms with van der Waals surface area (Å²) in [7, 11) is 3.53. The number of likely N-dealkylation sites (N-methyl/N-ethyl adjacent to an activating group) is 1. The van der Waals surface area contributed by atoms with Gasteiger partial charge < -0.3 is 15.5 Å². The van der Waals surface area contributed by atoms with Crippen molar-refractivity contribution in [1.82, 2.24) is 10.2 Å². The molecule has 2 amide bonds. The average Bonchev–Trinajstić information content (AvgIpc) is 3.03. The lowest BCUT2D eigenvalue weighted by Gasteiger charge is -2.23. The quantitative estimate of drug-likeness (QED) is 0.736. The SMILES string of the molecule is CNC(=O)c1ccc(CN(C)CC(=O)Nc2ccc(N3CCCCCC3)cc2)cc1. The predicted molar refractivity (Wildman–Crippen MR) is 122 cm³/mol. The number of benzene rings is 2. The van der Waals surface area contributed by atoms with Crippen LogP contribution in [0, 0.1) is 0 Å². The zero-order valence-electron chi connectivity index (χ0n) is 18.0. The van der Waals surface area contributed by atoms with Crippen molar-refractivity contribution in [1.29, 1.82) is 0 Å². The fraction of sp³-hybridized carbons (Fsp3) is 0.417. The molecule has 3 rings (SSSR count). The third kappa shape index (κ3) is 6.32. The third-order valence-corrected chi connectivity index (χ3v) is 5.43. The number of carbonyl (C=O) groups excluding carboxylic acids is 2. The van der Waals surface area contributed by atoms with Crippen molar-refractivity contribution in [2.24, 2.45) is 0 Å². The molecule has 0 spiro atoms. The van der Waals surface area contributed by atoms with Gasteiger partial charge >= 0.3 is 0 Å². The Kier molecular flexibility index (Phi) is 7.85. The molecule has 0 bridgehead atoms. The Morgan fingerprint density at radius 3 is 2.17 bits per heavy atom. The Hall–Kier alpha value is -2.86. The predicted octanol–water partition coefficient (Wildman–Crippen LogP) is 3.50. The first kappa shape index (κ1) is 21.8. The number of anilines is 2. The third-order valence-electron chi connectivity index (χ3n) is 5.43. The number of nitrogens with zero attached hydrogens (tertiary/aromatic N) is 2. The minimum absolute atomic E-state index is 0.0398. The van der Waals surface area contributed by atoms with Crippen molar-refractivity contribution in [3.63, 3.8) is 0 Å². The molecule has 0 aliphatic carbocycles. The van der Waals surface area contributed by atoms with Crippen molar-refractivity contribution < 1.29 is 9.59 Å². The fourth-order valence-corrected chi connectivity index (χ4v) is 3.80. The Labute approximate surface area is 179 Å². The molecule has 0 unspecified atom stereocenters. The van der Waals surface area contributed by atoms with Crippen LogP contribution in [0.15, 0.2) is 48.5 Å². The molecule has 6 heteroatoms. The molecule has 1 aliphatic heterocycles. The summed E-state index contributed by atoms with van der Waals surface area (Å²) in [6, 6.07) is 15.6. The molecule has 2 N–H and O–H groups in total. The van der Waals surface area contributed by atoms with Crippen molar-refractivity contribution in [2.75, 3.05) is 43.9 Å². The van der Waals surface area contributed by atoms with Gasteiger partial charge in [-0.3, -0.25) is 14.5 Å². The van der Waals surface area contributed by atoms with Gasteiger partial charge in [0.05, 0.1) is 6.54 Å². The molecule has 6 nitrogen and oxygen atoms in total. The Balaban J connectivity index is 1.48. The standard InChI is InChI=1S/C24H32N4O2/c1-25-24(30)20-9-7-19(8-10-20)17-27(2)18-23(29)26-21-11-13-22(14-12-21)28-15-5-3-4-6-16-28/h7-14H,3-6,15-18H2,1-2H3,(H,25,30)(H,26,29). The summed E-state index contributed by atoms with van der Waals surface area (Å²) in [5.74, 6) is -0.141. The van der Waals surface area contributed by atoms with Gasteiger partial charge in [0.2, 0.25) is 5.91 Å². The first-order chi connectivity index (χ1) is 14.5. The first-order valence-electron chi connectivity index (χ1n) is 10.7. The Bertz CT molecular complexity index is 825. The number of hydrogen-bond acceptors (Lipinski definition) is 4. The van der Waals surface area contributed by atoms with Gasteiger partial charge in [0.15, 0.2) is 0 Å². The molecule has 2 aromatic carbocycles. The molecule has 0 radical (unpaired) electrons. The second kappa shape index (κ2) is 10.8. The topological polar surface area (TPSA) is 64.7 Å². The van der Waals surface area contributed by atoms with Gasteiger partial charge in [0, 0.05) is 43.6 Å². The van der Waals surface area contributed by atoms with E-state index in [0.717, 1.165) is 24.3 Å². The van der Waals surface area contributed by atoms with Crippen LogP contribution in [0.25, 0.3) is 0 Å². The minimum atomic E-state index is -0.101. The summed E-state index contributed by atoms with van der Waals surface area (Å²) in [5.41, 5.74) is 3.74. The summed E-state index contributed by atoms with van der Waals surface area (Å²) in [6.45, 7) is 3.15. The highest BCUT2D eigenvalue weighted by molar-refractivity contribution is 5.94. The van der Waals surface area contributed by atoms with Crippen LogP contribution < -0.4 is 15.5 Å². The Morgan fingerprint density at radius 1 is 0.933 bits per heavy atom. The van der Waals surface area contributed by atoms with Crippen molar-refractivity contribution in [2.45, 2.75) is 32.2 Å². The zero-order chi connectivity index (χ0) is 21.3. The summed E-state index contributed by atoms with van der Waals surface area (Å²) >= 11 is 0. The summed E-state index contributed by atoms with van der Waals surface area (Å²) in [4.78, 5) is 28.4. The molecule has 0 atom stereocenters. The molecule has 1 fully saturated rings. The average molecular weight is 409 g/mol. The van der Waals surface area contributed by atoms with Crippen LogP contribution in [0.5, 0.6) is 0 Å². The number of amides is 2. The van der Waals surface area contributed by atoms with Gasteiger partial charge in [-0.2, -0.15) is 0 Å². The second-order valence-electron chi connectivity index (χ2n) is 7.94. The van der Waals surface area contributed by atoms with E-state index in [2.05, 4.69) is 27.7 Å². The van der Waals surface area contributed by atoms with E-state index in [9.17, 15) is 9.59 Å². The van der Waals surface area contributed by atoms with Gasteiger partial charge in [-0.05, 0) is 61.9 Å². The molecule has 2 aromatic rings. The normalized spacial score (nSPS) is 14.3. The molecule has 0 saturated carbocycles. The number of nitrogens with one attached hydrogen (secondary N) is 2. The Morgan fingerprint density at radius 2 is 1.57 bits per heavy atom. The van der Waals surface area contributed by atoms with Crippen LogP contribution >= 0.6 is 0 Å². The maximum Gasteiger partial charge on any atom is 0.251 e. The number of rotatable bonds is 7. The number of carbonyl (C=O) groups is 2. The first-order valence-corrected chi connectivity index (χ1v) is 10.7. The van der Waals surface area contributed by atoms with Gasteiger partial charge in [0.25, 0.3) is 5.91 Å². The van der Waals surface area contributed by atoms with Crippen LogP contribution in [0.4, 0.5) is 11.4 Å². The van der Waals surface area contributed by atoms with Gasteiger partial charge in [-0.25, -0.2) is 0 Å². The van der Waals surface area contributed by atoms with Crippen molar-refractivity contribution >= 4 is 23.2 Å². The zero-order valence-corrected chi connectivity index (χ0v) is 18.0. The molecule has 0 aromatic heterocycles. The fourth-order valence-electron chi connectivity index (χ4n) is 3.80. The molecule has 1 aliphatic rings. The van der Waals surface area contributed by atoms with Crippen LogP contribution in [0.3, 0.4) is 0 Å². The van der Waals surface area contributed by atoms with Crippen molar-refractivity contribution in [3.05, 3.63) is 59.7 Å². The highest BCUT2D eigenvalue weighted by Crippen LogP contribution is 2.21. The lowest BCUT2D eigenvalue weighted by Crippen LogP contribution is -2.30. The van der Waals surface area contributed by atoms with E-state index >= 15 is 0 Å². The van der Waals surface area contributed by atoms with E-state index in [4.69, 9.17) is 0 Å². The minimum Gasteiger partial charge on any atom is -0.372 e. The summed E-state index contributed by atoms with van der Waals surface area (Å²) < 4.78 is 0. The van der Waals surface area contributed by atoms with E-state index in [1.807, 2.05) is 36.2 Å².